The summed E-state index contributed by atoms with van der Waals surface area (Å²) in [5.41, 5.74) is 2.40. The van der Waals surface area contributed by atoms with E-state index in [1.165, 1.54) is 0 Å². The number of fused-ring (bicyclic) bond motifs is 2. The van der Waals surface area contributed by atoms with Crippen molar-refractivity contribution in [1.29, 1.82) is 0 Å². The molecule has 3 nitrogen and oxygen atoms in total. The molecule has 0 amide bonds. The third-order valence-corrected chi connectivity index (χ3v) is 9.73. The lowest BCUT2D eigenvalue weighted by Crippen LogP contribution is -2.24. The van der Waals surface area contributed by atoms with E-state index in [2.05, 4.69) is 0 Å². The van der Waals surface area contributed by atoms with Gasteiger partial charge in [0.2, 0.25) is 18.2 Å². The lowest BCUT2D eigenvalue weighted by atomic mass is 10.0. The smallest absolute Gasteiger partial charge is 0.249 e. The molecule has 0 heterocycles. The molecule has 0 unspecified atom stereocenters. The van der Waals surface area contributed by atoms with E-state index < -0.39 is 18.2 Å². The zero-order chi connectivity index (χ0) is 25.6. The summed E-state index contributed by atoms with van der Waals surface area (Å²) >= 11 is 0. The van der Waals surface area contributed by atoms with Gasteiger partial charge in [-0.15, -0.1) is 0 Å². The van der Waals surface area contributed by atoms with Gasteiger partial charge in [0.25, 0.3) is 0 Å². The molecule has 0 spiro atoms. The first-order valence-corrected chi connectivity index (χ1v) is 13.7. The summed E-state index contributed by atoms with van der Waals surface area (Å²) in [7, 11) is -4.30. The Morgan fingerprint density at radius 3 is 1.50 bits per heavy atom. The highest BCUT2D eigenvalue weighted by atomic mass is 31.2. The third-order valence-electron chi connectivity index (χ3n) is 6.98. The minimum atomic E-state index is -4.30. The van der Waals surface area contributed by atoms with Crippen molar-refractivity contribution >= 4 is 45.0 Å². The van der Waals surface area contributed by atoms with Crippen molar-refractivity contribution < 1.29 is 14.2 Å². The van der Waals surface area contributed by atoms with Crippen LogP contribution in [0.1, 0.15) is 43.0 Å². The molecule has 178 valence electrons. The highest BCUT2D eigenvalue weighted by Crippen LogP contribution is 2.54. The van der Waals surface area contributed by atoms with Crippen LogP contribution >= 0.6 is 7.14 Å². The molecule has 0 radical (unpaired) electrons. The van der Waals surface area contributed by atoms with E-state index in [9.17, 15) is 9.59 Å². The number of benzene rings is 5. The molecule has 0 N–H and O–H groups in total. The number of hydrogen-bond acceptors (Lipinski definition) is 3. The number of carbonyl (C=O) groups is 2. The number of aryl methyl sites for hydroxylation is 4. The van der Waals surface area contributed by atoms with Crippen molar-refractivity contribution in [2.75, 3.05) is 0 Å². The van der Waals surface area contributed by atoms with Gasteiger partial charge in [-0.2, -0.15) is 0 Å². The van der Waals surface area contributed by atoms with E-state index in [0.29, 0.717) is 43.9 Å². The highest BCUT2D eigenvalue weighted by Gasteiger charge is 2.45. The molecule has 0 bridgehead atoms. The topological polar surface area (TPSA) is 51.2 Å². The number of hydrogen-bond donors (Lipinski definition) is 0. The van der Waals surface area contributed by atoms with Crippen LogP contribution in [0.5, 0.6) is 0 Å². The van der Waals surface area contributed by atoms with Crippen LogP contribution in [0.3, 0.4) is 0 Å². The first kappa shape index (κ1) is 23.9. The average Bonchev–Trinajstić information content (AvgIpc) is 2.88. The Bertz CT molecular complexity index is 1650. The standard InChI is InChI=1S/C32H27O3P/c1-20-13-14-21(2)28(19-20)36(35,31(33)29-22(3)15-17-24-9-5-7-11-26(24)29)32(34)30-23(4)16-18-25-10-6-8-12-27(25)30/h5-19H,1-4H3. The Morgan fingerprint density at radius 1 is 0.556 bits per heavy atom. The van der Waals surface area contributed by atoms with E-state index in [1.54, 1.807) is 6.07 Å². The first-order chi connectivity index (χ1) is 17.2. The molecule has 0 fully saturated rings. The van der Waals surface area contributed by atoms with Crippen molar-refractivity contribution in [2.24, 2.45) is 0 Å². The van der Waals surface area contributed by atoms with Crippen LogP contribution in [0.4, 0.5) is 0 Å². The normalized spacial score (nSPS) is 11.7. The first-order valence-electron chi connectivity index (χ1n) is 12.0. The van der Waals surface area contributed by atoms with Crippen molar-refractivity contribution in [2.45, 2.75) is 27.7 Å². The quantitative estimate of drug-likeness (QED) is 0.235. The molecule has 5 aromatic carbocycles. The summed E-state index contributed by atoms with van der Waals surface area (Å²) in [4.78, 5) is 29.1. The third kappa shape index (κ3) is 3.72. The molecule has 0 atom stereocenters. The monoisotopic (exact) mass is 490 g/mol. The largest absolute Gasteiger partial charge is 0.302 e. The molecule has 0 aromatic heterocycles. The predicted molar refractivity (Wildman–Crippen MR) is 149 cm³/mol. The van der Waals surface area contributed by atoms with Gasteiger partial charge in [-0.3, -0.25) is 9.59 Å². The van der Waals surface area contributed by atoms with Crippen LogP contribution in [-0.2, 0) is 4.57 Å². The second kappa shape index (κ2) is 9.00. The van der Waals surface area contributed by atoms with Gasteiger partial charge in [0.15, 0.2) is 0 Å². The Morgan fingerprint density at radius 2 is 1.00 bits per heavy atom. The number of carbonyl (C=O) groups excluding carboxylic acids is 2. The Hall–Kier alpha value is -3.81. The zero-order valence-electron chi connectivity index (χ0n) is 20.8. The van der Waals surface area contributed by atoms with Gasteiger partial charge in [-0.1, -0.05) is 90.5 Å². The minimum Gasteiger partial charge on any atom is -0.302 e. The van der Waals surface area contributed by atoms with Crippen LogP contribution in [0.25, 0.3) is 21.5 Å². The average molecular weight is 491 g/mol. The molecule has 4 heteroatoms. The maximum Gasteiger partial charge on any atom is 0.249 e. The molecule has 0 aliphatic rings. The highest BCUT2D eigenvalue weighted by molar-refractivity contribution is 8.01. The zero-order valence-corrected chi connectivity index (χ0v) is 21.7. The summed E-state index contributed by atoms with van der Waals surface area (Å²) in [6.07, 6.45) is 0. The van der Waals surface area contributed by atoms with Gasteiger partial charge in [0, 0.05) is 16.4 Å². The van der Waals surface area contributed by atoms with Gasteiger partial charge in [-0.25, -0.2) is 0 Å². The minimum absolute atomic E-state index is 0.317. The Labute approximate surface area is 211 Å². The molecular weight excluding hydrogens is 463 g/mol. The predicted octanol–water partition coefficient (Wildman–Crippen LogP) is 7.90. The van der Waals surface area contributed by atoms with Crippen LogP contribution in [-0.4, -0.2) is 11.0 Å². The molecule has 0 aliphatic carbocycles. The van der Waals surface area contributed by atoms with Gasteiger partial charge < -0.3 is 4.57 Å². The van der Waals surface area contributed by atoms with E-state index in [4.69, 9.17) is 0 Å². The van der Waals surface area contributed by atoms with Gasteiger partial charge >= 0.3 is 0 Å². The van der Waals surface area contributed by atoms with E-state index in [-0.39, 0.29) is 0 Å². The fraction of sp³-hybridized carbons (Fsp3) is 0.125. The molecule has 36 heavy (non-hydrogen) atoms. The fourth-order valence-corrected chi connectivity index (χ4v) is 7.82. The van der Waals surface area contributed by atoms with Crippen molar-refractivity contribution in [3.63, 3.8) is 0 Å². The molecule has 0 saturated carbocycles. The maximum absolute atomic E-state index is 15.3. The summed E-state index contributed by atoms with van der Waals surface area (Å²) in [5, 5.41) is 3.46. The summed E-state index contributed by atoms with van der Waals surface area (Å²) in [6.45, 7) is 7.37. The molecular formula is C32H27O3P. The summed E-state index contributed by atoms with van der Waals surface area (Å²) in [6, 6.07) is 28.2. The van der Waals surface area contributed by atoms with Crippen molar-refractivity contribution in [3.05, 3.63) is 124 Å². The lowest BCUT2D eigenvalue weighted by molar-refractivity contribution is 0.104. The van der Waals surface area contributed by atoms with Crippen LogP contribution in [0.15, 0.2) is 91.0 Å². The molecule has 0 aliphatic heterocycles. The second-order valence-electron chi connectivity index (χ2n) is 9.47. The van der Waals surface area contributed by atoms with E-state index in [0.717, 1.165) is 16.3 Å². The molecule has 5 rings (SSSR count). The molecule has 5 aromatic rings. The van der Waals surface area contributed by atoms with Crippen molar-refractivity contribution in [1.82, 2.24) is 0 Å². The van der Waals surface area contributed by atoms with Crippen LogP contribution in [0, 0.1) is 27.7 Å². The summed E-state index contributed by atoms with van der Waals surface area (Å²) < 4.78 is 15.3. The number of rotatable bonds is 5. The maximum atomic E-state index is 15.3. The van der Waals surface area contributed by atoms with Crippen LogP contribution < -0.4 is 5.30 Å². The van der Waals surface area contributed by atoms with Gasteiger partial charge in [0.1, 0.15) is 0 Å². The van der Waals surface area contributed by atoms with Gasteiger partial charge in [0.05, 0.1) is 0 Å². The summed E-state index contributed by atoms with van der Waals surface area (Å²) in [5.74, 6) is 0. The fourth-order valence-electron chi connectivity index (χ4n) is 5.01. The van der Waals surface area contributed by atoms with E-state index >= 15 is 4.57 Å². The Kier molecular flexibility index (Phi) is 5.98. The van der Waals surface area contributed by atoms with Crippen LogP contribution in [0.2, 0.25) is 0 Å². The SMILES string of the molecule is Cc1ccc(C)c(P(=O)(C(=O)c2c(C)ccc3ccccc23)C(=O)c2c(C)ccc3ccccc23)c1. The lowest BCUT2D eigenvalue weighted by Gasteiger charge is -2.22. The second-order valence-corrected chi connectivity index (χ2v) is 12.0. The Balaban J connectivity index is 1.87. The van der Waals surface area contributed by atoms with E-state index in [1.807, 2.05) is 113 Å². The molecule has 0 saturated heterocycles. The van der Waals surface area contributed by atoms with Crippen molar-refractivity contribution in [3.8, 4) is 0 Å². The van der Waals surface area contributed by atoms with Gasteiger partial charge in [-0.05, 0) is 72.0 Å².